The summed E-state index contributed by atoms with van der Waals surface area (Å²) in [5.74, 6) is 1.81. The van der Waals surface area contributed by atoms with Crippen LogP contribution in [0.1, 0.15) is 38.1 Å². The predicted molar refractivity (Wildman–Crippen MR) is 132 cm³/mol. The fourth-order valence-electron chi connectivity index (χ4n) is 3.77. The Hall–Kier alpha value is -1.39. The van der Waals surface area contributed by atoms with E-state index in [1.807, 2.05) is 12.1 Å². The van der Waals surface area contributed by atoms with Crippen LogP contribution in [0.15, 0.2) is 35.6 Å². The Bertz CT molecular complexity index is 806. The van der Waals surface area contributed by atoms with Gasteiger partial charge in [-0.3, -0.25) is 4.99 Å². The number of hydrogen-bond acceptors (Lipinski definition) is 4. The SMILES string of the molecule is CCNC(=NCC1(c2ccccc2Cl)CCOCC1)NCCn1cnnc1CC.I. The molecule has 1 aromatic heterocycles. The first-order valence-corrected chi connectivity index (χ1v) is 10.8. The number of nitrogens with zero attached hydrogens (tertiary/aromatic N) is 4. The fourth-order valence-corrected chi connectivity index (χ4v) is 4.11. The summed E-state index contributed by atoms with van der Waals surface area (Å²) in [6, 6.07) is 8.12. The molecular formula is C21H32ClIN6O. The van der Waals surface area contributed by atoms with Gasteiger partial charge in [-0.15, -0.1) is 34.2 Å². The molecule has 1 aliphatic rings. The lowest BCUT2D eigenvalue weighted by atomic mass is 9.74. The van der Waals surface area contributed by atoms with E-state index in [1.165, 1.54) is 5.56 Å². The average Bonchev–Trinajstić information content (AvgIpc) is 3.20. The number of hydrogen-bond donors (Lipinski definition) is 2. The zero-order valence-corrected chi connectivity index (χ0v) is 20.8. The number of nitrogens with one attached hydrogen (secondary N) is 2. The van der Waals surface area contributed by atoms with Crippen molar-refractivity contribution in [3.05, 3.63) is 47.0 Å². The van der Waals surface area contributed by atoms with Crippen molar-refractivity contribution in [3.8, 4) is 0 Å². The lowest BCUT2D eigenvalue weighted by Gasteiger charge is -2.37. The maximum Gasteiger partial charge on any atom is 0.191 e. The van der Waals surface area contributed by atoms with Crippen LogP contribution in [-0.2, 0) is 23.1 Å². The van der Waals surface area contributed by atoms with Crippen LogP contribution in [0.3, 0.4) is 0 Å². The zero-order chi connectivity index (χ0) is 20.5. The van der Waals surface area contributed by atoms with Gasteiger partial charge in [0.2, 0.25) is 0 Å². The molecule has 0 unspecified atom stereocenters. The van der Waals surface area contributed by atoms with Gasteiger partial charge in [-0.1, -0.05) is 36.7 Å². The highest BCUT2D eigenvalue weighted by molar-refractivity contribution is 14.0. The number of guanidine groups is 1. The average molecular weight is 547 g/mol. The number of aliphatic imine (C=N–C) groups is 1. The second-order valence-corrected chi connectivity index (χ2v) is 7.70. The third-order valence-electron chi connectivity index (χ3n) is 5.44. The van der Waals surface area contributed by atoms with Gasteiger partial charge in [-0.05, 0) is 31.4 Å². The third-order valence-corrected chi connectivity index (χ3v) is 5.77. The van der Waals surface area contributed by atoms with E-state index in [-0.39, 0.29) is 29.4 Å². The molecule has 1 aliphatic heterocycles. The summed E-state index contributed by atoms with van der Waals surface area (Å²) in [6.45, 7) is 8.65. The van der Waals surface area contributed by atoms with Gasteiger partial charge in [-0.25, -0.2) is 0 Å². The Balaban J connectivity index is 0.00000320. The van der Waals surface area contributed by atoms with Crippen LogP contribution in [-0.4, -0.2) is 53.6 Å². The Morgan fingerprint density at radius 1 is 1.23 bits per heavy atom. The molecule has 166 valence electrons. The van der Waals surface area contributed by atoms with E-state index in [0.717, 1.165) is 68.9 Å². The van der Waals surface area contributed by atoms with Crippen LogP contribution in [0.4, 0.5) is 0 Å². The van der Waals surface area contributed by atoms with Gasteiger partial charge < -0.3 is 19.9 Å². The molecule has 9 heteroatoms. The van der Waals surface area contributed by atoms with E-state index < -0.39 is 0 Å². The molecule has 2 heterocycles. The van der Waals surface area contributed by atoms with Crippen molar-refractivity contribution in [2.24, 2.45) is 4.99 Å². The van der Waals surface area contributed by atoms with Gasteiger partial charge >= 0.3 is 0 Å². The number of rotatable bonds is 8. The molecule has 30 heavy (non-hydrogen) atoms. The molecule has 0 aliphatic carbocycles. The molecule has 0 atom stereocenters. The molecule has 2 N–H and O–H groups in total. The van der Waals surface area contributed by atoms with Crippen molar-refractivity contribution >= 4 is 41.5 Å². The first kappa shape index (κ1) is 24.9. The smallest absolute Gasteiger partial charge is 0.191 e. The summed E-state index contributed by atoms with van der Waals surface area (Å²) in [5, 5.41) is 15.7. The molecule has 2 aromatic rings. The van der Waals surface area contributed by atoms with Crippen LogP contribution in [0.5, 0.6) is 0 Å². The van der Waals surface area contributed by atoms with Gasteiger partial charge in [0, 0.05) is 49.7 Å². The van der Waals surface area contributed by atoms with Crippen LogP contribution in [0, 0.1) is 0 Å². The Kier molecular flexibility index (Phi) is 10.3. The Labute approximate surface area is 201 Å². The summed E-state index contributed by atoms with van der Waals surface area (Å²) in [6.07, 6.45) is 4.48. The van der Waals surface area contributed by atoms with E-state index in [1.54, 1.807) is 6.33 Å². The second-order valence-electron chi connectivity index (χ2n) is 7.29. The highest BCUT2D eigenvalue weighted by Gasteiger charge is 2.36. The highest BCUT2D eigenvalue weighted by atomic mass is 127. The molecule has 0 spiro atoms. The van der Waals surface area contributed by atoms with Gasteiger partial charge in [-0.2, -0.15) is 0 Å². The topological polar surface area (TPSA) is 76.4 Å². The van der Waals surface area contributed by atoms with Crippen molar-refractivity contribution in [2.45, 2.75) is 45.1 Å². The maximum atomic E-state index is 6.56. The molecule has 1 aromatic carbocycles. The van der Waals surface area contributed by atoms with E-state index in [2.05, 4.69) is 51.4 Å². The minimum absolute atomic E-state index is 0. The lowest BCUT2D eigenvalue weighted by Crippen LogP contribution is -2.42. The van der Waals surface area contributed by atoms with Crippen LogP contribution >= 0.6 is 35.6 Å². The first-order valence-electron chi connectivity index (χ1n) is 10.4. The van der Waals surface area contributed by atoms with E-state index in [0.29, 0.717) is 6.54 Å². The summed E-state index contributed by atoms with van der Waals surface area (Å²) in [7, 11) is 0. The molecule has 0 amide bonds. The molecule has 0 bridgehead atoms. The highest BCUT2D eigenvalue weighted by Crippen LogP contribution is 2.38. The van der Waals surface area contributed by atoms with Gasteiger partial charge in [0.1, 0.15) is 12.2 Å². The third kappa shape index (κ3) is 6.31. The minimum Gasteiger partial charge on any atom is -0.381 e. The molecule has 0 saturated carbocycles. The van der Waals surface area contributed by atoms with E-state index in [4.69, 9.17) is 21.3 Å². The Morgan fingerprint density at radius 3 is 2.70 bits per heavy atom. The van der Waals surface area contributed by atoms with Crippen molar-refractivity contribution in [1.29, 1.82) is 0 Å². The van der Waals surface area contributed by atoms with E-state index in [9.17, 15) is 0 Å². The quantitative estimate of drug-likeness (QED) is 0.302. The Morgan fingerprint density at radius 2 is 2.00 bits per heavy atom. The molecule has 1 saturated heterocycles. The number of ether oxygens (including phenoxy) is 1. The van der Waals surface area contributed by atoms with Crippen molar-refractivity contribution in [3.63, 3.8) is 0 Å². The summed E-state index contributed by atoms with van der Waals surface area (Å²) in [5.41, 5.74) is 1.07. The molecule has 7 nitrogen and oxygen atoms in total. The number of aromatic nitrogens is 3. The summed E-state index contributed by atoms with van der Waals surface area (Å²) < 4.78 is 7.70. The van der Waals surface area contributed by atoms with Gasteiger partial charge in [0.25, 0.3) is 0 Å². The van der Waals surface area contributed by atoms with Crippen LogP contribution < -0.4 is 10.6 Å². The monoisotopic (exact) mass is 546 g/mol. The largest absolute Gasteiger partial charge is 0.381 e. The normalized spacial score (nSPS) is 16.0. The van der Waals surface area contributed by atoms with Crippen molar-refractivity contribution in [1.82, 2.24) is 25.4 Å². The summed E-state index contributed by atoms with van der Waals surface area (Å²) in [4.78, 5) is 4.93. The predicted octanol–water partition coefficient (Wildman–Crippen LogP) is 3.42. The number of benzene rings is 1. The van der Waals surface area contributed by atoms with Crippen molar-refractivity contribution < 1.29 is 4.74 Å². The van der Waals surface area contributed by atoms with E-state index >= 15 is 0 Å². The second kappa shape index (κ2) is 12.5. The maximum absolute atomic E-state index is 6.56. The molecule has 1 fully saturated rings. The van der Waals surface area contributed by atoms with Gasteiger partial charge in [0.05, 0.1) is 6.54 Å². The summed E-state index contributed by atoms with van der Waals surface area (Å²) >= 11 is 6.56. The minimum atomic E-state index is -0.0946. The standard InChI is InChI=1S/C21H31ClN6O.HI/c1-3-19-27-26-16-28(19)12-11-24-20(23-4-2)25-15-21(9-13-29-14-10-21)17-7-5-6-8-18(17)22;/h5-8,16H,3-4,9-15H2,1-2H3,(H2,23,24,25);1H. The molecule has 3 rings (SSSR count). The first-order chi connectivity index (χ1) is 14.2. The van der Waals surface area contributed by atoms with Crippen molar-refractivity contribution in [2.75, 3.05) is 32.8 Å². The number of aryl methyl sites for hydroxylation is 1. The van der Waals surface area contributed by atoms with Gasteiger partial charge in [0.15, 0.2) is 5.96 Å². The van der Waals surface area contributed by atoms with Crippen LogP contribution in [0.2, 0.25) is 5.02 Å². The molecule has 0 radical (unpaired) electrons. The van der Waals surface area contributed by atoms with Crippen LogP contribution in [0.25, 0.3) is 0 Å². The fraction of sp³-hybridized carbons (Fsp3) is 0.571. The lowest BCUT2D eigenvalue weighted by molar-refractivity contribution is 0.0531. The molecular weight excluding hydrogens is 515 g/mol. The zero-order valence-electron chi connectivity index (χ0n) is 17.7. The number of halogens is 2.